The Hall–Kier alpha value is -0.560. The molecule has 0 heterocycles. The highest BCUT2D eigenvalue weighted by Gasteiger charge is 2.41. The maximum atomic E-state index is 12.0. The van der Waals surface area contributed by atoms with Crippen molar-refractivity contribution in [2.24, 2.45) is 0 Å². The average Bonchev–Trinajstić information content (AvgIpc) is 3.25. The van der Waals surface area contributed by atoms with Crippen molar-refractivity contribution in [2.45, 2.75) is 35.4 Å². The second-order valence-electron chi connectivity index (χ2n) is 5.85. The normalized spacial score (nSPS) is 18.7. The van der Waals surface area contributed by atoms with Crippen LogP contribution in [-0.4, -0.2) is 44.4 Å². The Morgan fingerprint density at radius 2 is 1.86 bits per heavy atom. The summed E-state index contributed by atoms with van der Waals surface area (Å²) in [6.45, 7) is 3.12. The van der Waals surface area contributed by atoms with Gasteiger partial charge in [0.2, 0.25) is 10.0 Å². The molecular formula is C15H24N2O2S2. The number of hydrogen-bond acceptors (Lipinski definition) is 4. The lowest BCUT2D eigenvalue weighted by Crippen LogP contribution is -2.28. The zero-order valence-electron chi connectivity index (χ0n) is 13.1. The van der Waals surface area contributed by atoms with Gasteiger partial charge in [0.25, 0.3) is 0 Å². The number of sulfonamides is 1. The molecule has 1 unspecified atom stereocenters. The molecule has 4 nitrogen and oxygen atoms in total. The Bertz CT molecular complexity index is 578. The van der Waals surface area contributed by atoms with Crippen LogP contribution in [0.3, 0.4) is 0 Å². The van der Waals surface area contributed by atoms with Crippen LogP contribution in [0, 0.1) is 0 Å². The van der Waals surface area contributed by atoms with Gasteiger partial charge in [-0.2, -0.15) is 11.8 Å². The summed E-state index contributed by atoms with van der Waals surface area (Å²) in [5.74, 6) is 0. The molecule has 1 atom stereocenters. The van der Waals surface area contributed by atoms with Crippen molar-refractivity contribution in [3.8, 4) is 0 Å². The largest absolute Gasteiger partial charge is 0.309 e. The zero-order valence-corrected chi connectivity index (χ0v) is 14.7. The topological polar surface area (TPSA) is 49.4 Å². The first-order valence-electron chi connectivity index (χ1n) is 7.12. The van der Waals surface area contributed by atoms with Gasteiger partial charge in [-0.3, -0.25) is 0 Å². The third-order valence-corrected chi connectivity index (χ3v) is 7.38. The summed E-state index contributed by atoms with van der Waals surface area (Å²) in [4.78, 5) is 0.339. The molecule has 118 valence electrons. The summed E-state index contributed by atoms with van der Waals surface area (Å²) < 4.78 is 25.7. The van der Waals surface area contributed by atoms with Crippen molar-refractivity contribution >= 4 is 21.8 Å². The van der Waals surface area contributed by atoms with E-state index in [0.29, 0.717) is 9.64 Å². The summed E-state index contributed by atoms with van der Waals surface area (Å²) in [7, 11) is -0.246. The highest BCUT2D eigenvalue weighted by Crippen LogP contribution is 2.46. The summed E-state index contributed by atoms with van der Waals surface area (Å²) in [5, 5.41) is 3.55. The maximum Gasteiger partial charge on any atom is 0.242 e. The summed E-state index contributed by atoms with van der Waals surface area (Å²) >= 11 is 1.94. The van der Waals surface area contributed by atoms with Gasteiger partial charge in [0.1, 0.15) is 0 Å². The second kappa shape index (κ2) is 6.28. The van der Waals surface area contributed by atoms with E-state index in [1.165, 1.54) is 17.1 Å². The molecule has 1 aromatic rings. The number of hydrogen-bond donors (Lipinski definition) is 1. The SMILES string of the molecule is CSC1(CNC(C)c2ccc(S(=O)(=O)N(C)C)cc2)CC1. The van der Waals surface area contributed by atoms with E-state index >= 15 is 0 Å². The predicted octanol–water partition coefficient (Wildman–Crippen LogP) is 2.48. The average molecular weight is 329 g/mol. The Morgan fingerprint density at radius 1 is 1.29 bits per heavy atom. The highest BCUT2D eigenvalue weighted by atomic mass is 32.2. The van der Waals surface area contributed by atoms with Gasteiger partial charge in [-0.1, -0.05) is 12.1 Å². The van der Waals surface area contributed by atoms with Crippen LogP contribution in [0.15, 0.2) is 29.2 Å². The Morgan fingerprint density at radius 3 is 2.29 bits per heavy atom. The van der Waals surface area contributed by atoms with Gasteiger partial charge in [-0.25, -0.2) is 12.7 Å². The summed E-state index contributed by atoms with van der Waals surface area (Å²) in [6.07, 6.45) is 4.74. The molecule has 1 aromatic carbocycles. The molecule has 1 aliphatic carbocycles. The smallest absolute Gasteiger partial charge is 0.242 e. The van der Waals surface area contributed by atoms with Crippen LogP contribution in [0.25, 0.3) is 0 Å². The van der Waals surface area contributed by atoms with E-state index in [4.69, 9.17) is 0 Å². The lowest BCUT2D eigenvalue weighted by Gasteiger charge is -2.19. The minimum absolute atomic E-state index is 0.228. The lowest BCUT2D eigenvalue weighted by molar-refractivity contribution is 0.520. The van der Waals surface area contributed by atoms with Crippen LogP contribution in [0.4, 0.5) is 0 Å². The fourth-order valence-electron chi connectivity index (χ4n) is 2.19. The van der Waals surface area contributed by atoms with Gasteiger partial charge < -0.3 is 5.32 Å². The van der Waals surface area contributed by atoms with Crippen molar-refractivity contribution in [2.75, 3.05) is 26.9 Å². The third kappa shape index (κ3) is 3.80. The summed E-state index contributed by atoms with van der Waals surface area (Å²) in [5.41, 5.74) is 1.12. The van der Waals surface area contributed by atoms with Crippen LogP contribution in [0.2, 0.25) is 0 Å². The molecule has 1 N–H and O–H groups in total. The van der Waals surface area contributed by atoms with Crippen LogP contribution in [0.5, 0.6) is 0 Å². The molecule has 0 radical (unpaired) electrons. The monoisotopic (exact) mass is 328 g/mol. The quantitative estimate of drug-likeness (QED) is 0.835. The summed E-state index contributed by atoms with van der Waals surface area (Å²) in [6, 6.07) is 7.39. The molecule has 0 bridgehead atoms. The van der Waals surface area contributed by atoms with Crippen LogP contribution in [0.1, 0.15) is 31.4 Å². The molecule has 0 saturated heterocycles. The first-order valence-corrected chi connectivity index (χ1v) is 9.78. The van der Waals surface area contributed by atoms with Crippen molar-refractivity contribution in [1.82, 2.24) is 9.62 Å². The van der Waals surface area contributed by atoms with Crippen LogP contribution < -0.4 is 5.32 Å². The molecule has 0 amide bonds. The fourth-order valence-corrected chi connectivity index (χ4v) is 3.83. The van der Waals surface area contributed by atoms with E-state index < -0.39 is 10.0 Å². The van der Waals surface area contributed by atoms with Crippen molar-refractivity contribution in [3.63, 3.8) is 0 Å². The Balaban J connectivity index is 2.01. The Labute approximate surface area is 132 Å². The van der Waals surface area contributed by atoms with Crippen molar-refractivity contribution in [3.05, 3.63) is 29.8 Å². The molecule has 0 spiro atoms. The van der Waals surface area contributed by atoms with E-state index in [1.54, 1.807) is 26.2 Å². The molecule has 6 heteroatoms. The molecule has 0 aromatic heterocycles. The number of thioether (sulfide) groups is 1. The van der Waals surface area contributed by atoms with Gasteiger partial charge in [-0.05, 0) is 43.7 Å². The third-order valence-electron chi connectivity index (χ3n) is 4.13. The van der Waals surface area contributed by atoms with E-state index in [9.17, 15) is 8.42 Å². The van der Waals surface area contributed by atoms with Gasteiger partial charge in [-0.15, -0.1) is 0 Å². The lowest BCUT2D eigenvalue weighted by atomic mass is 10.1. The second-order valence-corrected chi connectivity index (χ2v) is 9.27. The van der Waals surface area contributed by atoms with Crippen LogP contribution in [-0.2, 0) is 10.0 Å². The first-order chi connectivity index (χ1) is 9.81. The van der Waals surface area contributed by atoms with Crippen molar-refractivity contribution < 1.29 is 8.42 Å². The van der Waals surface area contributed by atoms with E-state index in [1.807, 2.05) is 23.9 Å². The molecule has 1 fully saturated rings. The highest BCUT2D eigenvalue weighted by molar-refractivity contribution is 8.00. The number of benzene rings is 1. The molecule has 1 saturated carbocycles. The number of nitrogens with one attached hydrogen (secondary N) is 1. The minimum Gasteiger partial charge on any atom is -0.309 e. The van der Waals surface area contributed by atoms with Gasteiger partial charge in [0, 0.05) is 31.4 Å². The van der Waals surface area contributed by atoms with E-state index in [-0.39, 0.29) is 6.04 Å². The molecule has 2 rings (SSSR count). The van der Waals surface area contributed by atoms with Gasteiger partial charge in [0.15, 0.2) is 0 Å². The zero-order chi connectivity index (χ0) is 15.7. The molecule has 1 aliphatic rings. The number of rotatable bonds is 7. The maximum absolute atomic E-state index is 12.0. The molecule has 21 heavy (non-hydrogen) atoms. The minimum atomic E-state index is -3.34. The van der Waals surface area contributed by atoms with E-state index in [2.05, 4.69) is 18.5 Å². The van der Waals surface area contributed by atoms with E-state index in [0.717, 1.165) is 12.1 Å². The van der Waals surface area contributed by atoms with Gasteiger partial charge >= 0.3 is 0 Å². The number of nitrogens with zero attached hydrogens (tertiary/aromatic N) is 1. The van der Waals surface area contributed by atoms with Crippen LogP contribution >= 0.6 is 11.8 Å². The first kappa shape index (κ1) is 16.8. The molecular weight excluding hydrogens is 304 g/mol. The fraction of sp³-hybridized carbons (Fsp3) is 0.600. The molecule has 0 aliphatic heterocycles. The van der Waals surface area contributed by atoms with Gasteiger partial charge in [0.05, 0.1) is 4.90 Å². The van der Waals surface area contributed by atoms with Crippen molar-refractivity contribution in [1.29, 1.82) is 0 Å². The predicted molar refractivity (Wildman–Crippen MR) is 89.2 cm³/mol. The Kier molecular flexibility index (Phi) is 5.03. The standard InChI is InChI=1S/C15H24N2O2S2/c1-12(16-11-15(20-4)9-10-15)13-5-7-14(8-6-13)21(18,19)17(2)3/h5-8,12,16H,9-11H2,1-4H3.